The van der Waals surface area contributed by atoms with Gasteiger partial charge >= 0.3 is 0 Å². The molecule has 1 aromatic rings. The van der Waals surface area contributed by atoms with Gasteiger partial charge < -0.3 is 10.6 Å². The van der Waals surface area contributed by atoms with E-state index in [2.05, 4.69) is 29.2 Å². The fraction of sp³-hybridized carbons (Fsp3) is 0.500. The Morgan fingerprint density at radius 2 is 1.89 bits per heavy atom. The molecule has 1 aliphatic heterocycles. The van der Waals surface area contributed by atoms with Gasteiger partial charge in [0.1, 0.15) is 0 Å². The van der Waals surface area contributed by atoms with Crippen LogP contribution in [0.3, 0.4) is 0 Å². The maximum atomic E-state index is 7.51. The van der Waals surface area contributed by atoms with Crippen LogP contribution in [0.15, 0.2) is 30.3 Å². The minimum Gasteiger partial charge on any atom is -0.379 e. The standard InChI is InChI=1S/C14H21N3S/c15-14(16)18-13(12-7-3-1-4-8-12)11-17-9-5-2-6-10-17/h1,3-4,7-8,13H,2,5-6,9-11H2,(H3,15,16). The summed E-state index contributed by atoms with van der Waals surface area (Å²) in [6, 6.07) is 10.4. The van der Waals surface area contributed by atoms with Crippen LogP contribution in [0.2, 0.25) is 0 Å². The van der Waals surface area contributed by atoms with Gasteiger partial charge in [0, 0.05) is 6.54 Å². The van der Waals surface area contributed by atoms with E-state index in [1.807, 2.05) is 6.07 Å². The molecule has 3 nitrogen and oxygen atoms in total. The lowest BCUT2D eigenvalue weighted by Crippen LogP contribution is -2.33. The molecule has 2 rings (SSSR count). The number of amidine groups is 1. The Labute approximate surface area is 113 Å². The maximum absolute atomic E-state index is 7.51. The van der Waals surface area contributed by atoms with Crippen LogP contribution in [-0.2, 0) is 0 Å². The molecular formula is C14H21N3S. The highest BCUT2D eigenvalue weighted by Gasteiger charge is 2.19. The molecule has 1 atom stereocenters. The Balaban J connectivity index is 2.02. The van der Waals surface area contributed by atoms with Crippen molar-refractivity contribution in [3.63, 3.8) is 0 Å². The second-order valence-corrected chi connectivity index (χ2v) is 5.99. The first-order valence-corrected chi connectivity index (χ1v) is 7.41. The summed E-state index contributed by atoms with van der Waals surface area (Å²) < 4.78 is 0. The molecule has 0 radical (unpaired) electrons. The topological polar surface area (TPSA) is 53.1 Å². The number of piperidine rings is 1. The average Bonchev–Trinajstić information content (AvgIpc) is 2.40. The number of rotatable bonds is 4. The molecule has 1 aliphatic rings. The van der Waals surface area contributed by atoms with Crippen molar-refractivity contribution in [1.82, 2.24) is 4.90 Å². The predicted octanol–water partition coefficient (Wildman–Crippen LogP) is 2.84. The monoisotopic (exact) mass is 263 g/mol. The fourth-order valence-corrected chi connectivity index (χ4v) is 3.29. The van der Waals surface area contributed by atoms with E-state index in [9.17, 15) is 0 Å². The van der Waals surface area contributed by atoms with E-state index in [4.69, 9.17) is 11.1 Å². The summed E-state index contributed by atoms with van der Waals surface area (Å²) in [7, 11) is 0. The molecule has 1 aromatic carbocycles. The van der Waals surface area contributed by atoms with Crippen molar-refractivity contribution in [2.45, 2.75) is 24.5 Å². The van der Waals surface area contributed by atoms with Crippen molar-refractivity contribution in [3.8, 4) is 0 Å². The Morgan fingerprint density at radius 1 is 1.22 bits per heavy atom. The van der Waals surface area contributed by atoms with E-state index in [0.29, 0.717) is 0 Å². The summed E-state index contributed by atoms with van der Waals surface area (Å²) in [6.07, 6.45) is 3.95. The lowest BCUT2D eigenvalue weighted by molar-refractivity contribution is 0.230. The molecule has 18 heavy (non-hydrogen) atoms. The number of likely N-dealkylation sites (tertiary alicyclic amines) is 1. The van der Waals surface area contributed by atoms with Crippen LogP contribution in [0.25, 0.3) is 0 Å². The Morgan fingerprint density at radius 3 is 2.50 bits per heavy atom. The highest BCUT2D eigenvalue weighted by atomic mass is 32.2. The van der Waals surface area contributed by atoms with Crippen LogP contribution in [0.5, 0.6) is 0 Å². The van der Waals surface area contributed by atoms with E-state index < -0.39 is 0 Å². The molecule has 98 valence electrons. The number of hydrogen-bond donors (Lipinski definition) is 2. The molecule has 3 N–H and O–H groups in total. The third-order valence-corrected chi connectivity index (χ3v) is 4.27. The van der Waals surface area contributed by atoms with Gasteiger partial charge in [0.05, 0.1) is 5.25 Å². The molecule has 1 saturated heterocycles. The number of nitrogens with one attached hydrogen (secondary N) is 1. The van der Waals surface area contributed by atoms with Crippen LogP contribution in [-0.4, -0.2) is 29.7 Å². The second kappa shape index (κ2) is 6.81. The largest absolute Gasteiger partial charge is 0.379 e. The summed E-state index contributed by atoms with van der Waals surface area (Å²) >= 11 is 1.47. The van der Waals surface area contributed by atoms with E-state index in [1.165, 1.54) is 49.7 Å². The van der Waals surface area contributed by atoms with Gasteiger partial charge in [-0.25, -0.2) is 0 Å². The van der Waals surface area contributed by atoms with Crippen LogP contribution in [0, 0.1) is 5.41 Å². The van der Waals surface area contributed by atoms with Gasteiger partial charge in [0.15, 0.2) is 5.17 Å². The molecule has 1 unspecified atom stereocenters. The highest BCUT2D eigenvalue weighted by molar-refractivity contribution is 8.13. The van der Waals surface area contributed by atoms with Gasteiger partial charge in [-0.05, 0) is 31.5 Å². The first kappa shape index (κ1) is 13.4. The zero-order chi connectivity index (χ0) is 12.8. The van der Waals surface area contributed by atoms with Crippen LogP contribution in [0.1, 0.15) is 30.1 Å². The van der Waals surface area contributed by atoms with Crippen molar-refractivity contribution < 1.29 is 0 Å². The molecule has 4 heteroatoms. The number of thioether (sulfide) groups is 1. The SMILES string of the molecule is N=C(N)SC(CN1CCCCC1)c1ccccc1. The molecule has 0 amide bonds. The van der Waals surface area contributed by atoms with Gasteiger partial charge in [-0.15, -0.1) is 0 Å². The van der Waals surface area contributed by atoms with Crippen molar-refractivity contribution in [2.24, 2.45) is 5.73 Å². The second-order valence-electron chi connectivity index (χ2n) is 4.74. The summed E-state index contributed by atoms with van der Waals surface area (Å²) in [5.41, 5.74) is 6.83. The normalized spacial score (nSPS) is 18.4. The summed E-state index contributed by atoms with van der Waals surface area (Å²) in [5, 5.41) is 8.00. The molecule has 0 aliphatic carbocycles. The molecule has 1 heterocycles. The predicted molar refractivity (Wildman–Crippen MR) is 79.0 cm³/mol. The third-order valence-electron chi connectivity index (χ3n) is 3.31. The maximum Gasteiger partial charge on any atom is 0.151 e. The van der Waals surface area contributed by atoms with Gasteiger partial charge in [-0.3, -0.25) is 5.41 Å². The van der Waals surface area contributed by atoms with E-state index >= 15 is 0 Å². The molecule has 0 spiro atoms. The highest BCUT2D eigenvalue weighted by Crippen LogP contribution is 2.30. The Hall–Kier alpha value is -1.00. The molecule has 0 aromatic heterocycles. The lowest BCUT2D eigenvalue weighted by Gasteiger charge is -2.30. The zero-order valence-electron chi connectivity index (χ0n) is 10.6. The quantitative estimate of drug-likeness (QED) is 0.649. The van der Waals surface area contributed by atoms with E-state index in [-0.39, 0.29) is 10.4 Å². The van der Waals surface area contributed by atoms with Gasteiger partial charge in [-0.2, -0.15) is 0 Å². The van der Waals surface area contributed by atoms with Crippen molar-refractivity contribution in [2.75, 3.05) is 19.6 Å². The van der Waals surface area contributed by atoms with Crippen molar-refractivity contribution >= 4 is 16.9 Å². The van der Waals surface area contributed by atoms with Crippen LogP contribution < -0.4 is 5.73 Å². The smallest absolute Gasteiger partial charge is 0.151 e. The van der Waals surface area contributed by atoms with Gasteiger partial charge in [0.2, 0.25) is 0 Å². The third kappa shape index (κ3) is 4.03. The summed E-state index contributed by atoms with van der Waals surface area (Å²) in [4.78, 5) is 2.50. The Bertz CT molecular complexity index is 374. The van der Waals surface area contributed by atoms with Crippen LogP contribution >= 0.6 is 11.8 Å². The summed E-state index contributed by atoms with van der Waals surface area (Å²) in [5.74, 6) is 0. The van der Waals surface area contributed by atoms with Gasteiger partial charge in [-0.1, -0.05) is 48.5 Å². The van der Waals surface area contributed by atoms with Crippen LogP contribution in [0.4, 0.5) is 0 Å². The van der Waals surface area contributed by atoms with E-state index in [1.54, 1.807) is 0 Å². The van der Waals surface area contributed by atoms with Crippen molar-refractivity contribution in [1.29, 1.82) is 5.41 Å². The number of benzene rings is 1. The molecule has 0 saturated carbocycles. The Kier molecular flexibility index (Phi) is 5.08. The zero-order valence-corrected chi connectivity index (χ0v) is 11.5. The number of nitrogens with two attached hydrogens (primary N) is 1. The molecular weight excluding hydrogens is 242 g/mol. The minimum atomic E-state index is 0.209. The fourth-order valence-electron chi connectivity index (χ4n) is 2.41. The first-order valence-electron chi connectivity index (χ1n) is 6.53. The number of hydrogen-bond acceptors (Lipinski definition) is 3. The van der Waals surface area contributed by atoms with Gasteiger partial charge in [0.25, 0.3) is 0 Å². The molecule has 1 fully saturated rings. The average molecular weight is 263 g/mol. The summed E-state index contributed by atoms with van der Waals surface area (Å²) in [6.45, 7) is 3.36. The lowest BCUT2D eigenvalue weighted by atomic mass is 10.1. The number of nitrogens with zero attached hydrogens (tertiary/aromatic N) is 1. The molecule has 0 bridgehead atoms. The van der Waals surface area contributed by atoms with Crippen molar-refractivity contribution in [3.05, 3.63) is 35.9 Å². The first-order chi connectivity index (χ1) is 8.75. The minimum absolute atomic E-state index is 0.209. The van der Waals surface area contributed by atoms with E-state index in [0.717, 1.165) is 6.54 Å².